The summed E-state index contributed by atoms with van der Waals surface area (Å²) in [6.45, 7) is 93.8. The Morgan fingerprint density at radius 1 is 0.167 bits per heavy atom. The van der Waals surface area contributed by atoms with Crippen LogP contribution in [-0.2, 0) is 77.8 Å². The summed E-state index contributed by atoms with van der Waals surface area (Å²) >= 11 is 0. The Kier molecular flexibility index (Phi) is 55.7. The van der Waals surface area contributed by atoms with E-state index >= 15 is 0 Å². The fraction of sp³-hybridized carbons (Fsp3) is 1.00. The number of aliphatic hydroxyl groups is 6. The van der Waals surface area contributed by atoms with Crippen LogP contribution in [0.5, 0.6) is 0 Å². The first kappa shape index (κ1) is 121. The molecule has 0 bridgehead atoms. The number of rotatable bonds is 63. The first-order valence-electron chi connectivity index (χ1n) is 42.5. The first-order valence-corrected chi connectivity index (χ1v) is 98.6. The van der Waals surface area contributed by atoms with E-state index in [4.69, 9.17) is 77.8 Å². The van der Waals surface area contributed by atoms with Gasteiger partial charge in [0.15, 0.2) is 116 Å². The highest BCUT2D eigenvalue weighted by molar-refractivity contribution is 6.92. The molecular weight excluding hydrogens is 1750 g/mol. The van der Waals surface area contributed by atoms with Crippen LogP contribution in [0.25, 0.3) is 0 Å². The third-order valence-electron chi connectivity index (χ3n) is 15.0. The lowest BCUT2D eigenvalue weighted by Gasteiger charge is -2.43. The maximum atomic E-state index is 10.2. The van der Waals surface area contributed by atoms with Crippen LogP contribution in [0.4, 0.5) is 0 Å². The summed E-state index contributed by atoms with van der Waals surface area (Å²) < 4.78 is 116. The molecule has 114 heavy (non-hydrogen) atoms. The Labute approximate surface area is 719 Å². The second-order valence-electron chi connectivity index (χ2n) is 43.9. The Hall–Kier alpha value is 2.94. The minimum Gasteiger partial charge on any atom is -0.456 e. The molecule has 24 nitrogen and oxygen atoms in total. The molecule has 0 heterocycles. The van der Waals surface area contributed by atoms with Gasteiger partial charge < -0.3 is 108 Å². The second kappa shape index (κ2) is 52.4. The predicted octanol–water partition coefficient (Wildman–Crippen LogP) is 18.2. The van der Waals surface area contributed by atoms with Gasteiger partial charge in [0, 0.05) is 51.7 Å². The number of hydrogen-bond donors (Lipinski definition) is 6. The van der Waals surface area contributed by atoms with Gasteiger partial charge in [0.2, 0.25) is 0 Å². The topological polar surface area (TPSA) is 288 Å². The molecule has 0 spiro atoms. The quantitative estimate of drug-likeness (QED) is 0.0244. The van der Waals surface area contributed by atoms with Crippen molar-refractivity contribution >= 4 is 151 Å². The van der Waals surface area contributed by atoms with Crippen molar-refractivity contribution < 1.29 is 108 Å². The molecule has 0 amide bonds. The average molecular weight is 1940 g/mol. The maximum Gasteiger partial charge on any atom is 0.469 e. The molecule has 0 saturated heterocycles. The van der Waals surface area contributed by atoms with Crippen LogP contribution in [0.1, 0.15) is 38.5 Å². The molecule has 0 aromatic rings. The Morgan fingerprint density at radius 3 is 0.430 bits per heavy atom. The largest absolute Gasteiger partial charge is 0.469 e. The van der Waals surface area contributed by atoms with Gasteiger partial charge in [-0.05, 0) is 338 Å². The van der Waals surface area contributed by atoms with Crippen LogP contribution < -0.4 is 0 Å². The highest BCUT2D eigenvalue weighted by atomic mass is 28.5. The second-order valence-corrected chi connectivity index (χ2v) is 122. The Balaban J connectivity index is -0.00000166. The van der Waals surface area contributed by atoms with Crippen molar-refractivity contribution in [3.8, 4) is 0 Å². The molecule has 0 unspecified atom stereocenters. The van der Waals surface area contributed by atoms with Gasteiger partial charge in [-0.3, -0.25) is 0 Å². The Bertz CT molecular complexity index is 2220. The summed E-state index contributed by atoms with van der Waals surface area (Å²) in [5.41, 5.74) is 0. The van der Waals surface area contributed by atoms with Gasteiger partial charge in [0.05, 0.1) is 39.6 Å². The van der Waals surface area contributed by atoms with Gasteiger partial charge in [-0.25, -0.2) is 0 Å². The smallest absolute Gasteiger partial charge is 0.456 e. The van der Waals surface area contributed by atoms with Crippen molar-refractivity contribution in [1.82, 2.24) is 0 Å². The summed E-state index contributed by atoms with van der Waals surface area (Å²) in [5, 5.41) is 59.8. The molecule has 0 aliphatic carbocycles. The zero-order valence-corrected chi connectivity index (χ0v) is 99.5. The molecule has 0 rings (SSSR count). The van der Waals surface area contributed by atoms with Crippen LogP contribution in [0.2, 0.25) is 311 Å². The van der Waals surface area contributed by atoms with Crippen LogP contribution in [0.3, 0.4) is 0 Å². The van der Waals surface area contributed by atoms with E-state index in [9.17, 15) is 30.6 Å². The lowest BCUT2D eigenvalue weighted by atomic mass is 10.2. The highest BCUT2D eigenvalue weighted by Gasteiger charge is 2.52. The normalized spacial score (nSPS) is 16.1. The lowest BCUT2D eigenvalue weighted by molar-refractivity contribution is -0.109. The van der Waals surface area contributed by atoms with E-state index in [-0.39, 0.29) is 39.6 Å². The standard InChI is InChI=1S/C28H74O10Si8.C24H62O8Si6.C20H50O6Si4/c1-39(2,3)33-45(34-40(4,5)6,35-41(7,8)9)23-19-21-31-27(25-29)28(26-30)32-22-20-24-46(36-42(10,11)12,37-43(13,14)15)38-44(16,17)18;1-33(2,3)29-37(13,30-34(4,5)6)19-15-17-27-23(21-25)24(22-26)28-18-16-20-38(14,31-35(7,8)9)32-36(10,11)12;1-27(2,3)25-29(7,8)15-11-13-23-19(17-21)20(18-22)24-14-12-16-30(9,10)26-28(4,5)6/h27-30H,19-26H2,1-18H3;23-26H,15-22H2,1-14H3;19-22H,11-18H2,1-10H3/t27-,28+;23-,24+;19-,20+. The summed E-state index contributed by atoms with van der Waals surface area (Å²) in [7, 11) is -35.9. The maximum absolute atomic E-state index is 10.2. The minimum atomic E-state index is -2.98. The zero-order chi connectivity index (χ0) is 90.2. The van der Waals surface area contributed by atoms with Crippen molar-refractivity contribution in [1.29, 1.82) is 0 Å². The van der Waals surface area contributed by atoms with E-state index in [0.29, 0.717) is 64.6 Å². The number of ether oxygens (including phenoxy) is 6. The summed E-state index contributed by atoms with van der Waals surface area (Å²) in [6, 6.07) is 5.01. The molecule has 6 atom stereocenters. The zero-order valence-electron chi connectivity index (χ0n) is 81.5. The summed E-state index contributed by atoms with van der Waals surface area (Å²) in [6.07, 6.45) is 1.18. The minimum absolute atomic E-state index is 0.156. The monoisotopic (exact) mass is 1940 g/mol. The summed E-state index contributed by atoms with van der Waals surface area (Å²) in [5.74, 6) is 0. The molecule has 6 N–H and O–H groups in total. The SMILES string of the molecule is C[Si](C)(C)O[Si](C)(C)CCCO[C@@H](CO)[C@@H](CO)OCCC[Si](C)(C)O[Si](C)(C)C.C[Si](C)(C)O[Si](C)(CCCO[C@@H](CO)[C@@H](CO)OCCC[Si](C)(O[Si](C)(C)C)O[Si](C)(C)C)O[Si](C)(C)C.C[Si](C)(C)O[Si](CCCO[C@@H](CO)[C@@H](CO)OCCC[Si](O[Si](C)(C)C)(O[Si](C)(C)C)O[Si](C)(C)C)(O[Si](C)(C)C)O[Si](C)(C)C. The van der Waals surface area contributed by atoms with Crippen LogP contribution in [-0.4, -0.2) is 298 Å². The van der Waals surface area contributed by atoms with E-state index < -0.39 is 188 Å². The third-order valence-corrected chi connectivity index (χ3v) is 70.7. The van der Waals surface area contributed by atoms with Crippen molar-refractivity contribution in [2.75, 3.05) is 79.3 Å². The van der Waals surface area contributed by atoms with E-state index in [2.05, 4.69) is 275 Å². The van der Waals surface area contributed by atoms with E-state index in [1.54, 1.807) is 0 Å². The molecule has 42 heteroatoms. The van der Waals surface area contributed by atoms with Gasteiger partial charge in [-0.15, -0.1) is 0 Å². The molecule has 0 aliphatic heterocycles. The van der Waals surface area contributed by atoms with Gasteiger partial charge in [0.25, 0.3) is 0 Å². The van der Waals surface area contributed by atoms with Gasteiger partial charge in [0.1, 0.15) is 36.6 Å². The molecule has 0 fully saturated rings. The molecule has 0 saturated carbocycles. The van der Waals surface area contributed by atoms with E-state index in [0.717, 1.165) is 49.9 Å². The van der Waals surface area contributed by atoms with Gasteiger partial charge in [-0.2, -0.15) is 0 Å². The van der Waals surface area contributed by atoms with Crippen LogP contribution >= 0.6 is 0 Å². The molecule has 0 aromatic heterocycles. The van der Waals surface area contributed by atoms with Crippen molar-refractivity contribution in [2.24, 2.45) is 0 Å². The fourth-order valence-electron chi connectivity index (χ4n) is 13.3. The third kappa shape index (κ3) is 69.1. The first-order chi connectivity index (χ1) is 50.7. The van der Waals surface area contributed by atoms with Crippen LogP contribution in [0, 0.1) is 0 Å². The molecule has 0 aliphatic rings. The molecule has 690 valence electrons. The summed E-state index contributed by atoms with van der Waals surface area (Å²) in [4.78, 5) is 0. The Morgan fingerprint density at radius 2 is 0.298 bits per heavy atom. The molecule has 0 radical (unpaired) electrons. The molecular formula is C72H186O24Si18. The van der Waals surface area contributed by atoms with Crippen molar-refractivity contribution in [3.05, 3.63) is 0 Å². The van der Waals surface area contributed by atoms with Crippen LogP contribution in [0.15, 0.2) is 0 Å². The lowest BCUT2D eigenvalue weighted by Crippen LogP contribution is -2.60. The number of aliphatic hydroxyl groups excluding tert-OH is 6. The average Bonchev–Trinajstić information content (AvgIpc) is 0.796. The van der Waals surface area contributed by atoms with Gasteiger partial charge in [-0.1, -0.05) is 0 Å². The highest BCUT2D eigenvalue weighted by Crippen LogP contribution is 2.34. The van der Waals surface area contributed by atoms with Gasteiger partial charge >= 0.3 is 34.7 Å². The van der Waals surface area contributed by atoms with E-state index in [1.165, 1.54) is 0 Å². The van der Waals surface area contributed by atoms with E-state index in [1.807, 2.05) is 0 Å². The fourth-order valence-corrected chi connectivity index (χ4v) is 83.6. The number of hydrogen-bond acceptors (Lipinski definition) is 24. The molecule has 0 aromatic carbocycles. The van der Waals surface area contributed by atoms with Crippen molar-refractivity contribution in [2.45, 2.75) is 386 Å². The predicted molar refractivity (Wildman–Crippen MR) is 520 cm³/mol. The van der Waals surface area contributed by atoms with Crippen molar-refractivity contribution in [3.63, 3.8) is 0 Å².